The van der Waals surface area contributed by atoms with E-state index in [1.807, 2.05) is 0 Å². The number of hydrogen-bond acceptors (Lipinski definition) is 1. The zero-order valence-electron chi connectivity index (χ0n) is 29.9. The SMILES string of the molecule is c1ccc(-c2ccc(C3CCC(N(c4ccc(-c5ccccc5)cc4)c4ccc(-c5cccc6ccccc56)cc4)C[C@@H]3c3ccccc3)cc2)cc1. The van der Waals surface area contributed by atoms with E-state index in [-0.39, 0.29) is 0 Å². The van der Waals surface area contributed by atoms with E-state index in [1.165, 1.54) is 66.7 Å². The molecule has 0 N–H and O–H groups in total. The van der Waals surface area contributed by atoms with E-state index < -0.39 is 0 Å². The molecule has 0 bridgehead atoms. The molecule has 0 spiro atoms. The van der Waals surface area contributed by atoms with Gasteiger partial charge in [0, 0.05) is 17.4 Å². The van der Waals surface area contributed by atoms with Crippen LogP contribution in [-0.2, 0) is 0 Å². The Kier molecular flexibility index (Phi) is 9.14. The minimum absolute atomic E-state index is 0.339. The maximum atomic E-state index is 2.63. The first-order valence-electron chi connectivity index (χ1n) is 19.0. The Morgan fingerprint density at radius 3 is 1.43 bits per heavy atom. The first kappa shape index (κ1) is 32.7. The summed E-state index contributed by atoms with van der Waals surface area (Å²) in [5.41, 5.74) is 12.9. The van der Waals surface area contributed by atoms with Gasteiger partial charge in [-0.1, -0.05) is 182 Å². The number of nitrogens with zero attached hydrogens (tertiary/aromatic N) is 1. The summed E-state index contributed by atoms with van der Waals surface area (Å²) >= 11 is 0. The van der Waals surface area contributed by atoms with Gasteiger partial charge < -0.3 is 4.90 Å². The second-order valence-corrected chi connectivity index (χ2v) is 14.4. The molecular weight excluding hydrogens is 639 g/mol. The summed E-state index contributed by atoms with van der Waals surface area (Å²) in [5, 5.41) is 2.56. The van der Waals surface area contributed by atoms with Crippen LogP contribution in [0.15, 0.2) is 206 Å². The second-order valence-electron chi connectivity index (χ2n) is 14.4. The Morgan fingerprint density at radius 1 is 0.340 bits per heavy atom. The predicted molar refractivity (Wildman–Crippen MR) is 225 cm³/mol. The van der Waals surface area contributed by atoms with E-state index in [9.17, 15) is 0 Å². The van der Waals surface area contributed by atoms with Gasteiger partial charge in [0.25, 0.3) is 0 Å². The zero-order valence-corrected chi connectivity index (χ0v) is 29.9. The molecule has 1 heteroatoms. The molecule has 2 unspecified atom stereocenters. The zero-order chi connectivity index (χ0) is 35.4. The van der Waals surface area contributed by atoms with Crippen LogP contribution in [0.3, 0.4) is 0 Å². The third-order valence-corrected chi connectivity index (χ3v) is 11.4. The highest BCUT2D eigenvalue weighted by Gasteiger charge is 2.36. The van der Waals surface area contributed by atoms with E-state index in [0.29, 0.717) is 17.9 Å². The lowest BCUT2D eigenvalue weighted by Gasteiger charge is -2.43. The smallest absolute Gasteiger partial charge is 0.0413 e. The van der Waals surface area contributed by atoms with Gasteiger partial charge in [0.05, 0.1) is 0 Å². The van der Waals surface area contributed by atoms with Gasteiger partial charge in [0.2, 0.25) is 0 Å². The molecule has 0 amide bonds. The van der Waals surface area contributed by atoms with Gasteiger partial charge in [-0.15, -0.1) is 0 Å². The van der Waals surface area contributed by atoms with Crippen molar-refractivity contribution in [3.05, 3.63) is 217 Å². The number of fused-ring (bicyclic) bond motifs is 1. The quantitative estimate of drug-likeness (QED) is 0.154. The molecule has 8 aromatic rings. The summed E-state index contributed by atoms with van der Waals surface area (Å²) in [6.07, 6.45) is 3.31. The van der Waals surface area contributed by atoms with E-state index in [0.717, 1.165) is 19.3 Å². The molecule has 1 aliphatic rings. The first-order valence-corrected chi connectivity index (χ1v) is 19.0. The molecule has 1 saturated carbocycles. The average Bonchev–Trinajstić information content (AvgIpc) is 3.25. The number of anilines is 2. The van der Waals surface area contributed by atoms with Crippen LogP contribution in [0.25, 0.3) is 44.2 Å². The van der Waals surface area contributed by atoms with Gasteiger partial charge in [-0.05, 0) is 111 Å². The fourth-order valence-electron chi connectivity index (χ4n) is 8.70. The van der Waals surface area contributed by atoms with Crippen molar-refractivity contribution in [3.8, 4) is 33.4 Å². The average molecular weight is 682 g/mol. The Bertz CT molecular complexity index is 2390. The highest BCUT2D eigenvalue weighted by atomic mass is 15.2. The molecule has 1 fully saturated rings. The Hall–Kier alpha value is -6.18. The third-order valence-electron chi connectivity index (χ3n) is 11.4. The maximum Gasteiger partial charge on any atom is 0.0413 e. The molecule has 9 rings (SSSR count). The molecule has 3 atom stereocenters. The molecule has 0 aliphatic heterocycles. The highest BCUT2D eigenvalue weighted by Crippen LogP contribution is 2.48. The van der Waals surface area contributed by atoms with Gasteiger partial charge in [-0.3, -0.25) is 0 Å². The van der Waals surface area contributed by atoms with Crippen LogP contribution in [-0.4, -0.2) is 6.04 Å². The van der Waals surface area contributed by atoms with Gasteiger partial charge in [-0.25, -0.2) is 0 Å². The summed E-state index contributed by atoms with van der Waals surface area (Å²) in [5.74, 6) is 0.855. The van der Waals surface area contributed by atoms with Crippen molar-refractivity contribution in [1.82, 2.24) is 0 Å². The molecule has 53 heavy (non-hydrogen) atoms. The molecule has 8 aromatic carbocycles. The van der Waals surface area contributed by atoms with E-state index in [4.69, 9.17) is 0 Å². The van der Waals surface area contributed by atoms with Crippen LogP contribution in [0.1, 0.15) is 42.2 Å². The van der Waals surface area contributed by atoms with Gasteiger partial charge in [0.1, 0.15) is 0 Å². The Labute approximate surface area is 313 Å². The second kappa shape index (κ2) is 14.8. The molecule has 0 radical (unpaired) electrons. The molecule has 256 valence electrons. The van der Waals surface area contributed by atoms with E-state index >= 15 is 0 Å². The molecule has 0 heterocycles. The van der Waals surface area contributed by atoms with Crippen LogP contribution < -0.4 is 4.90 Å². The van der Waals surface area contributed by atoms with Crippen molar-refractivity contribution in [2.75, 3.05) is 4.90 Å². The highest BCUT2D eigenvalue weighted by molar-refractivity contribution is 5.96. The molecule has 0 aromatic heterocycles. The van der Waals surface area contributed by atoms with E-state index in [1.54, 1.807) is 0 Å². The van der Waals surface area contributed by atoms with Crippen LogP contribution in [0.2, 0.25) is 0 Å². The van der Waals surface area contributed by atoms with Crippen molar-refractivity contribution in [2.24, 2.45) is 0 Å². The lowest BCUT2D eigenvalue weighted by Crippen LogP contribution is -2.37. The minimum Gasteiger partial charge on any atom is -0.338 e. The lowest BCUT2D eigenvalue weighted by atomic mass is 9.70. The summed E-state index contributed by atoms with van der Waals surface area (Å²) in [7, 11) is 0. The minimum atomic E-state index is 0.339. The van der Waals surface area contributed by atoms with E-state index in [2.05, 4.69) is 211 Å². The molecule has 0 saturated heterocycles. The monoisotopic (exact) mass is 681 g/mol. The van der Waals surface area contributed by atoms with Crippen LogP contribution in [0.5, 0.6) is 0 Å². The van der Waals surface area contributed by atoms with Crippen LogP contribution in [0, 0.1) is 0 Å². The Morgan fingerprint density at radius 2 is 0.811 bits per heavy atom. The summed E-state index contributed by atoms with van der Waals surface area (Å²) in [4.78, 5) is 2.63. The molecule has 1 aliphatic carbocycles. The third kappa shape index (κ3) is 6.79. The number of rotatable bonds is 8. The fourth-order valence-corrected chi connectivity index (χ4v) is 8.70. The lowest BCUT2D eigenvalue weighted by molar-refractivity contribution is 0.344. The summed E-state index contributed by atoms with van der Waals surface area (Å²) in [6.45, 7) is 0. The van der Waals surface area contributed by atoms with Crippen molar-refractivity contribution in [2.45, 2.75) is 37.1 Å². The Balaban J connectivity index is 1.08. The van der Waals surface area contributed by atoms with Crippen LogP contribution >= 0.6 is 0 Å². The predicted octanol–water partition coefficient (Wildman–Crippen LogP) is 14.1. The molecule has 1 nitrogen and oxygen atoms in total. The first-order chi connectivity index (χ1) is 26.3. The fraction of sp³-hybridized carbons (Fsp3) is 0.115. The van der Waals surface area contributed by atoms with Crippen LogP contribution in [0.4, 0.5) is 11.4 Å². The van der Waals surface area contributed by atoms with Crippen molar-refractivity contribution in [3.63, 3.8) is 0 Å². The topological polar surface area (TPSA) is 3.24 Å². The standard InChI is InChI=1S/C52H43N/c1-4-13-38(14-5-1)40-23-25-44(26-24-40)51-36-35-48(37-52(51)43-17-8-3-9-18-43)53(46-31-27-41(28-32-46)39-15-6-2-7-16-39)47-33-29-45(30-34-47)50-22-12-20-42-19-10-11-21-49(42)50/h1-34,48,51-52H,35-37H2/t48?,51?,52-/m1/s1. The molecular formula is C52H43N. The van der Waals surface area contributed by atoms with Gasteiger partial charge >= 0.3 is 0 Å². The normalized spacial score (nSPS) is 17.0. The summed E-state index contributed by atoms with van der Waals surface area (Å²) < 4.78 is 0. The largest absolute Gasteiger partial charge is 0.338 e. The van der Waals surface area contributed by atoms with Crippen molar-refractivity contribution >= 4 is 22.1 Å². The maximum absolute atomic E-state index is 2.63. The number of hydrogen-bond donors (Lipinski definition) is 0. The van der Waals surface area contributed by atoms with Gasteiger partial charge in [0.15, 0.2) is 0 Å². The summed E-state index contributed by atoms with van der Waals surface area (Å²) in [6, 6.07) is 76.3. The van der Waals surface area contributed by atoms with Crippen molar-refractivity contribution in [1.29, 1.82) is 0 Å². The van der Waals surface area contributed by atoms with Crippen molar-refractivity contribution < 1.29 is 0 Å². The van der Waals surface area contributed by atoms with Gasteiger partial charge in [-0.2, -0.15) is 0 Å². The number of benzene rings is 8.